The van der Waals surface area contributed by atoms with Crippen LogP contribution in [0.5, 0.6) is 0 Å². The number of rotatable bonds is 13. The molecule has 3 heteroatoms. The van der Waals surface area contributed by atoms with Gasteiger partial charge in [0.1, 0.15) is 0 Å². The highest BCUT2D eigenvalue weighted by Gasteiger charge is 2.06. The molecule has 0 aromatic carbocycles. The van der Waals surface area contributed by atoms with Crippen molar-refractivity contribution in [2.24, 2.45) is 5.73 Å². The van der Waals surface area contributed by atoms with Crippen molar-refractivity contribution in [3.63, 3.8) is 0 Å². The van der Waals surface area contributed by atoms with E-state index in [4.69, 9.17) is 10.5 Å². The van der Waals surface area contributed by atoms with Crippen LogP contribution in [0.25, 0.3) is 0 Å². The average Bonchev–Trinajstić information content (AvgIpc) is 2.44. The van der Waals surface area contributed by atoms with Gasteiger partial charge in [-0.15, -0.1) is 0 Å². The minimum atomic E-state index is -0.429. The standard InChI is InChI=1S/C17H33NO2/c1-3-5-6-7-8-9-10-11-12-13-14-15-17(19)20-16(18)4-2/h7-8,16H,3-6,9-15,18H2,1-2H3. The van der Waals surface area contributed by atoms with Crippen molar-refractivity contribution in [2.45, 2.75) is 90.7 Å². The summed E-state index contributed by atoms with van der Waals surface area (Å²) in [5.74, 6) is -0.154. The van der Waals surface area contributed by atoms with Gasteiger partial charge in [-0.25, -0.2) is 0 Å². The molecule has 0 aromatic rings. The summed E-state index contributed by atoms with van der Waals surface area (Å²) in [4.78, 5) is 11.4. The fraction of sp³-hybridized carbons (Fsp3) is 0.824. The van der Waals surface area contributed by atoms with Gasteiger partial charge >= 0.3 is 5.97 Å². The Kier molecular flexibility index (Phi) is 14.0. The van der Waals surface area contributed by atoms with E-state index in [0.29, 0.717) is 12.8 Å². The van der Waals surface area contributed by atoms with Crippen LogP contribution in [0.2, 0.25) is 0 Å². The van der Waals surface area contributed by atoms with Gasteiger partial charge in [-0.2, -0.15) is 0 Å². The normalized spacial score (nSPS) is 12.8. The van der Waals surface area contributed by atoms with E-state index >= 15 is 0 Å². The van der Waals surface area contributed by atoms with Crippen molar-refractivity contribution in [3.05, 3.63) is 12.2 Å². The Hall–Kier alpha value is -0.830. The first kappa shape index (κ1) is 19.2. The molecule has 20 heavy (non-hydrogen) atoms. The maximum Gasteiger partial charge on any atom is 0.307 e. The molecule has 0 heterocycles. The Balaban J connectivity index is 3.24. The Bertz CT molecular complexity index is 251. The van der Waals surface area contributed by atoms with Gasteiger partial charge in [0.2, 0.25) is 0 Å². The van der Waals surface area contributed by atoms with Crippen LogP contribution in [0, 0.1) is 0 Å². The minimum absolute atomic E-state index is 0.154. The maximum atomic E-state index is 11.4. The second kappa shape index (κ2) is 14.6. The summed E-state index contributed by atoms with van der Waals surface area (Å²) in [5.41, 5.74) is 5.55. The fourth-order valence-electron chi connectivity index (χ4n) is 1.93. The van der Waals surface area contributed by atoms with E-state index in [1.807, 2.05) is 6.92 Å². The van der Waals surface area contributed by atoms with Crippen molar-refractivity contribution in [2.75, 3.05) is 0 Å². The van der Waals surface area contributed by atoms with Crippen LogP contribution in [0.4, 0.5) is 0 Å². The van der Waals surface area contributed by atoms with Gasteiger partial charge in [0.15, 0.2) is 6.23 Å². The minimum Gasteiger partial charge on any atom is -0.447 e. The summed E-state index contributed by atoms with van der Waals surface area (Å²) in [6.45, 7) is 4.13. The van der Waals surface area contributed by atoms with Crippen molar-refractivity contribution >= 4 is 5.97 Å². The molecule has 0 rings (SSSR count). The molecule has 0 aromatic heterocycles. The SMILES string of the molecule is CCCCC=CCCCCCCCC(=O)OC(N)CC. The molecule has 3 nitrogen and oxygen atoms in total. The third-order valence-electron chi connectivity index (χ3n) is 3.33. The van der Waals surface area contributed by atoms with E-state index in [-0.39, 0.29) is 5.97 Å². The van der Waals surface area contributed by atoms with Gasteiger partial charge in [-0.1, -0.05) is 58.1 Å². The lowest BCUT2D eigenvalue weighted by Gasteiger charge is -2.10. The summed E-state index contributed by atoms with van der Waals surface area (Å²) in [5, 5.41) is 0. The number of carbonyl (C=O) groups excluding carboxylic acids is 1. The number of esters is 1. The van der Waals surface area contributed by atoms with Crippen LogP contribution in [-0.2, 0) is 9.53 Å². The third-order valence-corrected chi connectivity index (χ3v) is 3.33. The topological polar surface area (TPSA) is 52.3 Å². The first-order valence-electron chi connectivity index (χ1n) is 8.30. The molecule has 0 bridgehead atoms. The molecule has 0 aliphatic heterocycles. The van der Waals surface area contributed by atoms with Crippen LogP contribution in [-0.4, -0.2) is 12.2 Å². The maximum absolute atomic E-state index is 11.4. The smallest absolute Gasteiger partial charge is 0.307 e. The molecule has 0 fully saturated rings. The summed E-state index contributed by atoms with van der Waals surface area (Å²) < 4.78 is 5.02. The number of ether oxygens (including phenoxy) is 1. The first-order valence-corrected chi connectivity index (χ1v) is 8.30. The van der Waals surface area contributed by atoms with Crippen LogP contribution in [0.1, 0.15) is 84.5 Å². The monoisotopic (exact) mass is 283 g/mol. The van der Waals surface area contributed by atoms with Gasteiger partial charge in [0.25, 0.3) is 0 Å². The van der Waals surface area contributed by atoms with Gasteiger partial charge in [0.05, 0.1) is 0 Å². The van der Waals surface area contributed by atoms with E-state index in [9.17, 15) is 4.79 Å². The number of hydrogen-bond acceptors (Lipinski definition) is 3. The zero-order valence-corrected chi connectivity index (χ0v) is 13.4. The van der Waals surface area contributed by atoms with Gasteiger partial charge in [-0.05, 0) is 32.1 Å². The van der Waals surface area contributed by atoms with Gasteiger partial charge in [-0.3, -0.25) is 10.5 Å². The van der Waals surface area contributed by atoms with Crippen molar-refractivity contribution in [3.8, 4) is 0 Å². The number of nitrogens with two attached hydrogens (primary N) is 1. The van der Waals surface area contributed by atoms with E-state index in [0.717, 1.165) is 12.8 Å². The Morgan fingerprint density at radius 2 is 1.60 bits per heavy atom. The molecule has 118 valence electrons. The molecule has 0 saturated heterocycles. The molecule has 0 spiro atoms. The Labute approximate surface area is 125 Å². The molecule has 0 amide bonds. The molecule has 0 radical (unpaired) electrons. The van der Waals surface area contributed by atoms with Crippen LogP contribution in [0.3, 0.4) is 0 Å². The summed E-state index contributed by atoms with van der Waals surface area (Å²) in [6, 6.07) is 0. The highest BCUT2D eigenvalue weighted by molar-refractivity contribution is 5.69. The summed E-state index contributed by atoms with van der Waals surface area (Å²) in [6.07, 6.45) is 16.1. The van der Waals surface area contributed by atoms with Crippen LogP contribution < -0.4 is 5.73 Å². The van der Waals surface area contributed by atoms with E-state index in [2.05, 4.69) is 19.1 Å². The molecule has 1 unspecified atom stereocenters. The predicted octanol–water partition coefficient (Wildman–Crippen LogP) is 4.70. The number of allylic oxidation sites excluding steroid dienone is 2. The largest absolute Gasteiger partial charge is 0.447 e. The lowest BCUT2D eigenvalue weighted by Crippen LogP contribution is -2.25. The molecule has 0 aliphatic carbocycles. The Morgan fingerprint density at radius 3 is 2.25 bits per heavy atom. The zero-order chi connectivity index (χ0) is 15.1. The first-order chi connectivity index (χ1) is 9.70. The number of carbonyl (C=O) groups is 1. The molecule has 1 atom stereocenters. The van der Waals surface area contributed by atoms with Crippen molar-refractivity contribution < 1.29 is 9.53 Å². The zero-order valence-electron chi connectivity index (χ0n) is 13.4. The van der Waals surface area contributed by atoms with E-state index in [1.54, 1.807) is 0 Å². The van der Waals surface area contributed by atoms with E-state index < -0.39 is 6.23 Å². The van der Waals surface area contributed by atoms with E-state index in [1.165, 1.54) is 44.9 Å². The lowest BCUT2D eigenvalue weighted by molar-refractivity contribution is -0.149. The summed E-state index contributed by atoms with van der Waals surface area (Å²) >= 11 is 0. The molecule has 0 saturated carbocycles. The van der Waals surface area contributed by atoms with Crippen molar-refractivity contribution in [1.82, 2.24) is 0 Å². The van der Waals surface area contributed by atoms with Crippen molar-refractivity contribution in [1.29, 1.82) is 0 Å². The fourth-order valence-corrected chi connectivity index (χ4v) is 1.93. The van der Waals surface area contributed by atoms with Gasteiger partial charge < -0.3 is 4.74 Å². The number of hydrogen-bond donors (Lipinski definition) is 1. The highest BCUT2D eigenvalue weighted by Crippen LogP contribution is 2.09. The van der Waals surface area contributed by atoms with Gasteiger partial charge in [0, 0.05) is 6.42 Å². The third kappa shape index (κ3) is 13.6. The lowest BCUT2D eigenvalue weighted by atomic mass is 10.1. The Morgan fingerprint density at radius 1 is 1.00 bits per heavy atom. The average molecular weight is 283 g/mol. The quantitative estimate of drug-likeness (QED) is 0.231. The molecule has 2 N–H and O–H groups in total. The molecular weight excluding hydrogens is 250 g/mol. The second-order valence-electron chi connectivity index (χ2n) is 5.36. The second-order valence-corrected chi connectivity index (χ2v) is 5.36. The number of unbranched alkanes of at least 4 members (excludes halogenated alkanes) is 7. The van der Waals surface area contributed by atoms with Crippen LogP contribution in [0.15, 0.2) is 12.2 Å². The highest BCUT2D eigenvalue weighted by atomic mass is 16.6. The van der Waals surface area contributed by atoms with Crippen LogP contribution >= 0.6 is 0 Å². The summed E-state index contributed by atoms with van der Waals surface area (Å²) in [7, 11) is 0. The molecule has 0 aliphatic rings. The molecular formula is C17H33NO2. The predicted molar refractivity (Wildman–Crippen MR) is 85.3 cm³/mol.